The van der Waals surface area contributed by atoms with Crippen LogP contribution < -0.4 is 5.32 Å². The van der Waals surface area contributed by atoms with Gasteiger partial charge >= 0.3 is 0 Å². The molecule has 1 aliphatic heterocycles. The third-order valence-corrected chi connectivity index (χ3v) is 4.54. The number of benzene rings is 2. The average Bonchev–Trinajstić information content (AvgIpc) is 2.57. The number of anilines is 1. The molecule has 1 aliphatic rings. The van der Waals surface area contributed by atoms with Crippen LogP contribution in [0, 0.1) is 17.0 Å². The van der Waals surface area contributed by atoms with Crippen LogP contribution >= 0.6 is 0 Å². The molecule has 0 spiro atoms. The molecule has 0 aliphatic carbocycles. The Labute approximate surface area is 142 Å². The molecular weight excluding hydrogens is 302 g/mol. The Morgan fingerprint density at radius 2 is 1.92 bits per heavy atom. The van der Waals surface area contributed by atoms with Crippen molar-refractivity contribution in [2.45, 2.75) is 32.4 Å². The molecule has 3 rings (SSSR count). The third kappa shape index (κ3) is 4.11. The largest absolute Gasteiger partial charge is 0.377 e. The average molecular weight is 325 g/mol. The molecule has 0 aromatic heterocycles. The van der Waals surface area contributed by atoms with Gasteiger partial charge in [0.2, 0.25) is 0 Å². The Morgan fingerprint density at radius 3 is 2.62 bits per heavy atom. The van der Waals surface area contributed by atoms with Gasteiger partial charge < -0.3 is 5.32 Å². The Balaban J connectivity index is 1.55. The van der Waals surface area contributed by atoms with Gasteiger partial charge in [0.1, 0.15) is 5.69 Å². The van der Waals surface area contributed by atoms with Crippen molar-refractivity contribution < 1.29 is 4.92 Å². The highest BCUT2D eigenvalue weighted by molar-refractivity contribution is 5.61. The SMILES string of the molecule is Cc1cccc(CN2CCC(Nc3ccccc3[N+](=O)[O-])CC2)c1. The standard InChI is InChI=1S/C19H23N3O2/c1-15-5-4-6-16(13-15)14-21-11-9-17(10-12-21)20-18-7-2-3-8-19(18)22(23)24/h2-8,13,17,20H,9-12,14H2,1H3. The first-order valence-electron chi connectivity index (χ1n) is 8.39. The van der Waals surface area contributed by atoms with Crippen molar-refractivity contribution in [3.8, 4) is 0 Å². The zero-order valence-electron chi connectivity index (χ0n) is 13.9. The van der Waals surface area contributed by atoms with Crippen molar-refractivity contribution in [3.63, 3.8) is 0 Å². The highest BCUT2D eigenvalue weighted by Gasteiger charge is 2.21. The first-order valence-corrected chi connectivity index (χ1v) is 8.39. The highest BCUT2D eigenvalue weighted by Crippen LogP contribution is 2.26. The van der Waals surface area contributed by atoms with Crippen LogP contribution in [-0.4, -0.2) is 29.0 Å². The van der Waals surface area contributed by atoms with E-state index < -0.39 is 0 Å². The third-order valence-electron chi connectivity index (χ3n) is 4.54. The van der Waals surface area contributed by atoms with Crippen molar-refractivity contribution in [3.05, 3.63) is 69.8 Å². The maximum Gasteiger partial charge on any atom is 0.292 e. The minimum Gasteiger partial charge on any atom is -0.377 e. The van der Waals surface area contributed by atoms with Gasteiger partial charge in [-0.2, -0.15) is 0 Å². The molecule has 1 heterocycles. The molecule has 0 radical (unpaired) electrons. The Kier molecular flexibility index (Phi) is 5.11. The molecule has 2 aromatic rings. The second-order valence-electron chi connectivity index (χ2n) is 6.46. The lowest BCUT2D eigenvalue weighted by molar-refractivity contribution is -0.384. The van der Waals surface area contributed by atoms with Crippen LogP contribution in [0.1, 0.15) is 24.0 Å². The van der Waals surface area contributed by atoms with E-state index in [1.165, 1.54) is 11.1 Å². The number of piperidine rings is 1. The number of nitro benzene ring substituents is 1. The van der Waals surface area contributed by atoms with Crippen LogP contribution in [0.25, 0.3) is 0 Å². The summed E-state index contributed by atoms with van der Waals surface area (Å²) >= 11 is 0. The molecular formula is C19H23N3O2. The predicted molar refractivity (Wildman–Crippen MR) is 96.2 cm³/mol. The number of likely N-dealkylation sites (tertiary alicyclic amines) is 1. The second kappa shape index (κ2) is 7.45. The van der Waals surface area contributed by atoms with Crippen molar-refractivity contribution in [1.82, 2.24) is 4.90 Å². The van der Waals surface area contributed by atoms with Gasteiger partial charge in [0.25, 0.3) is 5.69 Å². The monoisotopic (exact) mass is 325 g/mol. The van der Waals surface area contributed by atoms with Crippen molar-refractivity contribution in [2.24, 2.45) is 0 Å². The number of nitro groups is 1. The molecule has 0 amide bonds. The smallest absolute Gasteiger partial charge is 0.292 e. The summed E-state index contributed by atoms with van der Waals surface area (Å²) in [7, 11) is 0. The van der Waals surface area contributed by atoms with Gasteiger partial charge in [0.15, 0.2) is 0 Å². The van der Waals surface area contributed by atoms with E-state index >= 15 is 0 Å². The summed E-state index contributed by atoms with van der Waals surface area (Å²) in [6, 6.07) is 15.8. The number of hydrogen-bond donors (Lipinski definition) is 1. The van der Waals surface area contributed by atoms with Crippen molar-refractivity contribution in [1.29, 1.82) is 0 Å². The van der Waals surface area contributed by atoms with E-state index in [1.807, 2.05) is 6.07 Å². The van der Waals surface area contributed by atoms with Gasteiger partial charge in [0.05, 0.1) is 4.92 Å². The first-order chi connectivity index (χ1) is 11.6. The number of hydrogen-bond acceptors (Lipinski definition) is 4. The van der Waals surface area contributed by atoms with E-state index in [9.17, 15) is 10.1 Å². The van der Waals surface area contributed by atoms with E-state index in [0.717, 1.165) is 32.5 Å². The number of nitrogens with zero attached hydrogens (tertiary/aromatic N) is 2. The summed E-state index contributed by atoms with van der Waals surface area (Å²) in [6.45, 7) is 5.10. The van der Waals surface area contributed by atoms with E-state index in [0.29, 0.717) is 11.7 Å². The molecule has 0 saturated carbocycles. The zero-order valence-corrected chi connectivity index (χ0v) is 13.9. The van der Waals surface area contributed by atoms with Crippen LogP contribution in [0.4, 0.5) is 11.4 Å². The summed E-state index contributed by atoms with van der Waals surface area (Å²) in [6.07, 6.45) is 2.00. The van der Waals surface area contributed by atoms with Crippen LogP contribution in [0.2, 0.25) is 0 Å². The van der Waals surface area contributed by atoms with Crippen molar-refractivity contribution >= 4 is 11.4 Å². The molecule has 24 heavy (non-hydrogen) atoms. The Hall–Kier alpha value is -2.40. The van der Waals surface area contributed by atoms with Gasteiger partial charge in [-0.15, -0.1) is 0 Å². The molecule has 1 saturated heterocycles. The number of rotatable bonds is 5. The van der Waals surface area contributed by atoms with E-state index in [4.69, 9.17) is 0 Å². The van der Waals surface area contributed by atoms with Crippen LogP contribution in [-0.2, 0) is 6.54 Å². The zero-order chi connectivity index (χ0) is 16.9. The minimum atomic E-state index is -0.324. The molecule has 5 nitrogen and oxygen atoms in total. The van der Waals surface area contributed by atoms with E-state index in [1.54, 1.807) is 18.2 Å². The van der Waals surface area contributed by atoms with Gasteiger partial charge in [-0.25, -0.2) is 0 Å². The van der Waals surface area contributed by atoms with E-state index in [2.05, 4.69) is 41.4 Å². The maximum absolute atomic E-state index is 11.1. The molecule has 1 fully saturated rings. The van der Waals surface area contributed by atoms with Crippen LogP contribution in [0.5, 0.6) is 0 Å². The molecule has 0 atom stereocenters. The topological polar surface area (TPSA) is 58.4 Å². The summed E-state index contributed by atoms with van der Waals surface area (Å²) in [4.78, 5) is 13.2. The Morgan fingerprint density at radius 1 is 1.17 bits per heavy atom. The molecule has 5 heteroatoms. The number of para-hydroxylation sites is 2. The van der Waals surface area contributed by atoms with Crippen LogP contribution in [0.3, 0.4) is 0 Å². The lowest BCUT2D eigenvalue weighted by Crippen LogP contribution is -2.38. The number of aryl methyl sites for hydroxylation is 1. The normalized spacial score (nSPS) is 16.0. The van der Waals surface area contributed by atoms with Crippen molar-refractivity contribution in [2.75, 3.05) is 18.4 Å². The molecule has 0 bridgehead atoms. The fourth-order valence-electron chi connectivity index (χ4n) is 3.28. The highest BCUT2D eigenvalue weighted by atomic mass is 16.6. The van der Waals surface area contributed by atoms with Gasteiger partial charge in [-0.3, -0.25) is 15.0 Å². The minimum absolute atomic E-state index is 0.152. The quantitative estimate of drug-likeness (QED) is 0.667. The Bertz CT molecular complexity index is 709. The van der Waals surface area contributed by atoms with Gasteiger partial charge in [0, 0.05) is 31.7 Å². The summed E-state index contributed by atoms with van der Waals surface area (Å²) in [5, 5.41) is 14.5. The van der Waals surface area contributed by atoms with Crippen LogP contribution in [0.15, 0.2) is 48.5 Å². The molecule has 2 aromatic carbocycles. The van der Waals surface area contributed by atoms with Gasteiger partial charge in [-0.05, 0) is 31.4 Å². The maximum atomic E-state index is 11.1. The second-order valence-corrected chi connectivity index (χ2v) is 6.46. The molecule has 0 unspecified atom stereocenters. The fourth-order valence-corrected chi connectivity index (χ4v) is 3.28. The predicted octanol–water partition coefficient (Wildman–Crippen LogP) is 3.98. The lowest BCUT2D eigenvalue weighted by Gasteiger charge is -2.32. The molecule has 1 N–H and O–H groups in total. The van der Waals surface area contributed by atoms with E-state index in [-0.39, 0.29) is 10.6 Å². The fraction of sp³-hybridized carbons (Fsp3) is 0.368. The molecule has 126 valence electrons. The van der Waals surface area contributed by atoms with Gasteiger partial charge in [-0.1, -0.05) is 42.0 Å². The lowest BCUT2D eigenvalue weighted by atomic mass is 10.0. The summed E-state index contributed by atoms with van der Waals surface area (Å²) < 4.78 is 0. The summed E-state index contributed by atoms with van der Waals surface area (Å²) in [5.74, 6) is 0. The first kappa shape index (κ1) is 16.5. The number of nitrogens with one attached hydrogen (secondary N) is 1. The summed E-state index contributed by atoms with van der Waals surface area (Å²) in [5.41, 5.74) is 3.42.